The smallest absolute Gasteiger partial charge is 0.417 e. The van der Waals surface area contributed by atoms with E-state index in [2.05, 4.69) is 5.32 Å². The Hall–Kier alpha value is -2.31. The summed E-state index contributed by atoms with van der Waals surface area (Å²) < 4.78 is 38.5. The van der Waals surface area contributed by atoms with Crippen molar-refractivity contribution in [3.8, 4) is 0 Å². The summed E-state index contributed by atoms with van der Waals surface area (Å²) in [5.74, 6) is -2.63. The van der Waals surface area contributed by atoms with Crippen LogP contribution < -0.4 is 5.32 Å². The second kappa shape index (κ2) is 5.59. The Morgan fingerprint density at radius 2 is 1.86 bits per heavy atom. The first-order valence-electron chi connectivity index (χ1n) is 6.17. The van der Waals surface area contributed by atoms with Crippen molar-refractivity contribution in [2.75, 3.05) is 0 Å². The predicted molar refractivity (Wildman–Crippen MR) is 67.6 cm³/mol. The highest BCUT2D eigenvalue weighted by molar-refractivity contribution is 5.96. The monoisotopic (exact) mass is 299 g/mol. The molecule has 0 saturated heterocycles. The molecule has 2 atom stereocenters. The molecule has 1 aliphatic rings. The van der Waals surface area contributed by atoms with E-state index in [1.165, 1.54) is 24.3 Å². The molecule has 1 aromatic rings. The first-order valence-corrected chi connectivity index (χ1v) is 6.17. The van der Waals surface area contributed by atoms with Gasteiger partial charge in [-0.3, -0.25) is 9.59 Å². The molecule has 4 nitrogen and oxygen atoms in total. The number of carboxylic acids is 1. The van der Waals surface area contributed by atoms with Crippen LogP contribution in [0.25, 0.3) is 0 Å². The van der Waals surface area contributed by atoms with Crippen LogP contribution in [0, 0.1) is 5.92 Å². The van der Waals surface area contributed by atoms with Crippen molar-refractivity contribution in [2.45, 2.75) is 18.6 Å². The van der Waals surface area contributed by atoms with Crippen LogP contribution in [-0.4, -0.2) is 23.0 Å². The molecule has 1 aromatic carbocycles. The van der Waals surface area contributed by atoms with E-state index in [1.54, 1.807) is 0 Å². The summed E-state index contributed by atoms with van der Waals surface area (Å²) in [4.78, 5) is 22.7. The van der Waals surface area contributed by atoms with Crippen LogP contribution in [0.5, 0.6) is 0 Å². The number of carboxylic acid groups (broad SMARTS) is 1. The molecule has 21 heavy (non-hydrogen) atoms. The molecule has 0 aromatic heterocycles. The molecule has 2 rings (SSSR count). The van der Waals surface area contributed by atoms with Crippen molar-refractivity contribution in [3.63, 3.8) is 0 Å². The molecule has 7 heteroatoms. The zero-order chi connectivity index (χ0) is 15.6. The molecule has 0 spiro atoms. The van der Waals surface area contributed by atoms with Gasteiger partial charge in [-0.05, 0) is 18.6 Å². The van der Waals surface area contributed by atoms with Crippen molar-refractivity contribution in [1.29, 1.82) is 0 Å². The number of rotatable bonds is 3. The Kier molecular flexibility index (Phi) is 4.02. The minimum absolute atomic E-state index is 0.134. The summed E-state index contributed by atoms with van der Waals surface area (Å²) in [6, 6.07) is 3.88. The summed E-state index contributed by atoms with van der Waals surface area (Å²) >= 11 is 0. The number of amides is 1. The fraction of sp³-hybridized carbons (Fsp3) is 0.286. The van der Waals surface area contributed by atoms with Crippen molar-refractivity contribution in [3.05, 3.63) is 47.5 Å². The van der Waals surface area contributed by atoms with Crippen molar-refractivity contribution < 1.29 is 27.9 Å². The maximum absolute atomic E-state index is 12.8. The molecule has 2 unspecified atom stereocenters. The fourth-order valence-electron chi connectivity index (χ4n) is 2.16. The van der Waals surface area contributed by atoms with Gasteiger partial charge in [0, 0.05) is 6.04 Å². The highest BCUT2D eigenvalue weighted by Gasteiger charge is 2.35. The Morgan fingerprint density at radius 1 is 1.19 bits per heavy atom. The zero-order valence-corrected chi connectivity index (χ0v) is 10.7. The molecule has 1 aliphatic carbocycles. The van der Waals surface area contributed by atoms with Crippen LogP contribution in [0.3, 0.4) is 0 Å². The Morgan fingerprint density at radius 3 is 2.43 bits per heavy atom. The van der Waals surface area contributed by atoms with E-state index >= 15 is 0 Å². The van der Waals surface area contributed by atoms with Crippen LogP contribution in [0.2, 0.25) is 0 Å². The first-order chi connectivity index (χ1) is 9.79. The molecule has 0 heterocycles. The van der Waals surface area contributed by atoms with E-state index in [4.69, 9.17) is 5.11 Å². The molecular formula is C14H12F3NO3. The standard InChI is InChI=1S/C14H12F3NO3/c15-14(16,17)11-4-2-1-3-10(11)12(19)18-9-6-5-8(7-9)13(20)21/h1-6,8-9H,7H2,(H,18,19)(H,20,21). The number of hydrogen-bond acceptors (Lipinski definition) is 2. The van der Waals surface area contributed by atoms with Crippen molar-refractivity contribution in [1.82, 2.24) is 5.32 Å². The highest BCUT2D eigenvalue weighted by atomic mass is 19.4. The lowest BCUT2D eigenvalue weighted by Crippen LogP contribution is -2.34. The molecule has 112 valence electrons. The number of benzene rings is 1. The molecule has 0 bridgehead atoms. The van der Waals surface area contributed by atoms with Crippen LogP contribution in [0.1, 0.15) is 22.3 Å². The van der Waals surface area contributed by atoms with Gasteiger partial charge in [0.05, 0.1) is 17.0 Å². The van der Waals surface area contributed by atoms with Gasteiger partial charge >= 0.3 is 12.1 Å². The first kappa shape index (κ1) is 15.1. The summed E-state index contributed by atoms with van der Waals surface area (Å²) in [5, 5.41) is 11.2. The van der Waals surface area contributed by atoms with E-state index in [-0.39, 0.29) is 6.42 Å². The fourth-order valence-corrected chi connectivity index (χ4v) is 2.16. The summed E-state index contributed by atoms with van der Waals surface area (Å²) in [5.41, 5.74) is -1.49. The predicted octanol–water partition coefficient (Wildman–Crippen LogP) is 2.46. The maximum Gasteiger partial charge on any atom is 0.417 e. The minimum atomic E-state index is -4.62. The van der Waals surface area contributed by atoms with Gasteiger partial charge in [-0.15, -0.1) is 0 Å². The second-order valence-electron chi connectivity index (χ2n) is 4.69. The molecule has 0 fully saturated rings. The number of nitrogens with one attached hydrogen (secondary N) is 1. The number of carbonyl (C=O) groups excluding carboxylic acids is 1. The average molecular weight is 299 g/mol. The number of hydrogen-bond donors (Lipinski definition) is 2. The van der Waals surface area contributed by atoms with Gasteiger partial charge in [-0.2, -0.15) is 13.2 Å². The SMILES string of the molecule is O=C(NC1C=CC(C(=O)O)C1)c1ccccc1C(F)(F)F. The van der Waals surface area contributed by atoms with Gasteiger partial charge in [-0.1, -0.05) is 24.3 Å². The largest absolute Gasteiger partial charge is 0.481 e. The highest BCUT2D eigenvalue weighted by Crippen LogP contribution is 2.32. The number of carbonyl (C=O) groups is 2. The normalized spacial score (nSPS) is 21.3. The summed E-state index contributed by atoms with van der Waals surface area (Å²) in [6.45, 7) is 0. The molecule has 0 aliphatic heterocycles. The topological polar surface area (TPSA) is 66.4 Å². The third-order valence-electron chi connectivity index (χ3n) is 3.19. The van der Waals surface area contributed by atoms with Crippen LogP contribution in [0.15, 0.2) is 36.4 Å². The van der Waals surface area contributed by atoms with Crippen molar-refractivity contribution in [2.24, 2.45) is 5.92 Å². The van der Waals surface area contributed by atoms with Crippen LogP contribution >= 0.6 is 0 Å². The Bertz CT molecular complexity index is 595. The quantitative estimate of drug-likeness (QED) is 0.843. The van der Waals surface area contributed by atoms with Crippen molar-refractivity contribution >= 4 is 11.9 Å². The lowest BCUT2D eigenvalue weighted by molar-refractivity contribution is -0.140. The number of halogens is 3. The lowest BCUT2D eigenvalue weighted by atomic mass is 10.0. The molecule has 1 amide bonds. The van der Waals surface area contributed by atoms with E-state index in [0.29, 0.717) is 0 Å². The Balaban J connectivity index is 2.12. The van der Waals surface area contributed by atoms with E-state index in [1.807, 2.05) is 0 Å². The third kappa shape index (κ3) is 3.42. The van der Waals surface area contributed by atoms with E-state index < -0.39 is 41.1 Å². The van der Waals surface area contributed by atoms with Gasteiger partial charge in [0.2, 0.25) is 0 Å². The zero-order valence-electron chi connectivity index (χ0n) is 10.7. The molecule has 2 N–H and O–H groups in total. The number of aliphatic carboxylic acids is 1. The summed E-state index contributed by atoms with van der Waals surface area (Å²) in [7, 11) is 0. The molecular weight excluding hydrogens is 287 g/mol. The van der Waals surface area contributed by atoms with Gasteiger partial charge in [0.1, 0.15) is 0 Å². The van der Waals surface area contributed by atoms with E-state index in [9.17, 15) is 22.8 Å². The minimum Gasteiger partial charge on any atom is -0.481 e. The third-order valence-corrected chi connectivity index (χ3v) is 3.19. The van der Waals surface area contributed by atoms with Crippen LogP contribution in [-0.2, 0) is 11.0 Å². The molecule has 0 radical (unpaired) electrons. The van der Waals surface area contributed by atoms with Gasteiger partial charge in [0.25, 0.3) is 5.91 Å². The van der Waals surface area contributed by atoms with Gasteiger partial charge in [-0.25, -0.2) is 0 Å². The van der Waals surface area contributed by atoms with Gasteiger partial charge in [0.15, 0.2) is 0 Å². The Labute approximate surface area is 118 Å². The average Bonchev–Trinajstić information content (AvgIpc) is 2.86. The number of alkyl halides is 3. The maximum atomic E-state index is 12.8. The second-order valence-corrected chi connectivity index (χ2v) is 4.69. The van der Waals surface area contributed by atoms with Gasteiger partial charge < -0.3 is 10.4 Å². The van der Waals surface area contributed by atoms with Crippen LogP contribution in [0.4, 0.5) is 13.2 Å². The summed E-state index contributed by atoms with van der Waals surface area (Å²) in [6.07, 6.45) is -1.59. The van der Waals surface area contributed by atoms with E-state index in [0.717, 1.165) is 12.1 Å². The lowest BCUT2D eigenvalue weighted by Gasteiger charge is -2.15. The molecule has 0 saturated carbocycles.